The number of amides is 1. The third-order valence-corrected chi connectivity index (χ3v) is 9.62. The summed E-state index contributed by atoms with van der Waals surface area (Å²) in [6, 6.07) is -0.843. The number of rotatable bonds is 34. The molecule has 9 heteroatoms. The second kappa shape index (κ2) is 37.4. The van der Waals surface area contributed by atoms with Crippen LogP contribution >= 0.6 is 0 Å². The summed E-state index contributed by atoms with van der Waals surface area (Å²) >= 11 is 0. The molecule has 57 heavy (non-hydrogen) atoms. The van der Waals surface area contributed by atoms with Crippen LogP contribution in [-0.2, 0) is 14.3 Å². The lowest BCUT2D eigenvalue weighted by atomic mass is 9.99. The number of aliphatic hydroxyl groups excluding tert-OH is 5. The van der Waals surface area contributed by atoms with Crippen LogP contribution in [0.5, 0.6) is 0 Å². The van der Waals surface area contributed by atoms with E-state index >= 15 is 0 Å². The van der Waals surface area contributed by atoms with Gasteiger partial charge >= 0.3 is 0 Å². The van der Waals surface area contributed by atoms with Gasteiger partial charge < -0.3 is 40.3 Å². The maximum absolute atomic E-state index is 12.9. The van der Waals surface area contributed by atoms with Crippen LogP contribution in [0.4, 0.5) is 0 Å². The van der Waals surface area contributed by atoms with E-state index in [1.807, 2.05) is 6.08 Å². The van der Waals surface area contributed by atoms with Gasteiger partial charge in [0.15, 0.2) is 6.29 Å². The number of hydrogen-bond donors (Lipinski definition) is 6. The number of ether oxygens (including phenoxy) is 2. The predicted octanol–water partition coefficient (Wildman–Crippen LogP) is 8.94. The van der Waals surface area contributed by atoms with Crippen molar-refractivity contribution in [1.82, 2.24) is 5.32 Å². The fourth-order valence-corrected chi connectivity index (χ4v) is 6.09. The molecular weight excluding hydrogens is 719 g/mol. The molecule has 1 amide bonds. The van der Waals surface area contributed by atoms with Crippen LogP contribution in [0.3, 0.4) is 0 Å². The van der Waals surface area contributed by atoms with Gasteiger partial charge in [0.2, 0.25) is 5.91 Å². The van der Waals surface area contributed by atoms with Gasteiger partial charge in [0.05, 0.1) is 25.4 Å². The second-order valence-electron chi connectivity index (χ2n) is 14.7. The number of hydrogen-bond acceptors (Lipinski definition) is 8. The van der Waals surface area contributed by atoms with Crippen LogP contribution in [0.2, 0.25) is 0 Å². The van der Waals surface area contributed by atoms with Crippen molar-refractivity contribution in [3.63, 3.8) is 0 Å². The van der Waals surface area contributed by atoms with Gasteiger partial charge in [-0.3, -0.25) is 4.79 Å². The monoisotopic (exact) mass is 798 g/mol. The minimum absolute atomic E-state index is 0.217. The van der Waals surface area contributed by atoms with Crippen LogP contribution in [0.25, 0.3) is 0 Å². The van der Waals surface area contributed by atoms with Crippen molar-refractivity contribution in [2.24, 2.45) is 0 Å². The predicted molar refractivity (Wildman–Crippen MR) is 234 cm³/mol. The van der Waals surface area contributed by atoms with E-state index in [1.165, 1.54) is 19.3 Å². The van der Waals surface area contributed by atoms with Gasteiger partial charge in [0.25, 0.3) is 0 Å². The van der Waals surface area contributed by atoms with E-state index in [4.69, 9.17) is 9.47 Å². The molecule has 1 heterocycles. The van der Waals surface area contributed by atoms with Crippen LogP contribution in [0.15, 0.2) is 97.2 Å². The first kappa shape index (κ1) is 52.1. The zero-order valence-corrected chi connectivity index (χ0v) is 35.3. The normalized spacial score (nSPS) is 22.0. The molecule has 1 fully saturated rings. The van der Waals surface area contributed by atoms with Gasteiger partial charge in [0.1, 0.15) is 24.4 Å². The number of nitrogens with one attached hydrogen (secondary N) is 1. The summed E-state index contributed by atoms with van der Waals surface area (Å²) in [5.41, 5.74) is 0. The van der Waals surface area contributed by atoms with Crippen molar-refractivity contribution in [3.05, 3.63) is 97.2 Å². The van der Waals surface area contributed by atoms with E-state index in [0.29, 0.717) is 6.42 Å². The Kier molecular flexibility index (Phi) is 34.2. The Morgan fingerprint density at radius 2 is 1.11 bits per heavy atom. The van der Waals surface area contributed by atoms with Crippen LogP contribution in [0, 0.1) is 0 Å². The first-order chi connectivity index (χ1) is 27.8. The fraction of sp³-hybridized carbons (Fsp3) is 0.646. The van der Waals surface area contributed by atoms with E-state index in [-0.39, 0.29) is 12.5 Å². The molecule has 0 saturated carbocycles. The smallest absolute Gasteiger partial charge is 0.220 e. The van der Waals surface area contributed by atoms with Crippen LogP contribution in [0.1, 0.15) is 142 Å². The Morgan fingerprint density at radius 1 is 0.614 bits per heavy atom. The maximum atomic E-state index is 12.9. The number of allylic oxidation sites excluding steroid dienone is 15. The molecule has 1 rings (SSSR count). The molecule has 1 aliphatic heterocycles. The summed E-state index contributed by atoms with van der Waals surface area (Å²) in [6.45, 7) is 3.56. The third-order valence-electron chi connectivity index (χ3n) is 9.62. The third kappa shape index (κ3) is 28.2. The number of carbonyl (C=O) groups is 1. The van der Waals surface area contributed by atoms with Crippen molar-refractivity contribution >= 4 is 5.91 Å². The Balaban J connectivity index is 2.42. The average molecular weight is 798 g/mol. The zero-order chi connectivity index (χ0) is 41.6. The molecule has 0 aromatic carbocycles. The van der Waals surface area contributed by atoms with Crippen LogP contribution < -0.4 is 5.32 Å². The van der Waals surface area contributed by atoms with Gasteiger partial charge in [-0.05, 0) is 89.9 Å². The molecule has 324 valence electrons. The van der Waals surface area contributed by atoms with Crippen molar-refractivity contribution in [3.8, 4) is 0 Å². The molecule has 0 bridgehead atoms. The van der Waals surface area contributed by atoms with Gasteiger partial charge in [-0.25, -0.2) is 0 Å². The van der Waals surface area contributed by atoms with Crippen molar-refractivity contribution in [1.29, 1.82) is 0 Å². The maximum Gasteiger partial charge on any atom is 0.220 e. The highest BCUT2D eigenvalue weighted by Gasteiger charge is 2.44. The summed E-state index contributed by atoms with van der Waals surface area (Å²) in [7, 11) is 0. The quantitative estimate of drug-likeness (QED) is 0.0279. The molecular formula is C48H79NO8. The highest BCUT2D eigenvalue weighted by Crippen LogP contribution is 2.22. The largest absolute Gasteiger partial charge is 0.394 e. The Morgan fingerprint density at radius 3 is 1.68 bits per heavy atom. The zero-order valence-electron chi connectivity index (χ0n) is 35.3. The van der Waals surface area contributed by atoms with E-state index in [0.717, 1.165) is 103 Å². The lowest BCUT2D eigenvalue weighted by Crippen LogP contribution is -2.60. The summed E-state index contributed by atoms with van der Waals surface area (Å²) in [5, 5.41) is 54.0. The minimum atomic E-state index is -1.58. The van der Waals surface area contributed by atoms with Crippen molar-refractivity contribution in [2.45, 2.75) is 185 Å². The minimum Gasteiger partial charge on any atom is -0.394 e. The SMILES string of the molecule is CC/C=C\C/C=C\C/C=C\C/C=C\C/C=C\CCCCCCCC(=O)NC(COC1OC(CO)C(O)C(O)C1O)C(O)/C=C/CC/C=C/CC/C=C/CCCCC. The highest BCUT2D eigenvalue weighted by molar-refractivity contribution is 5.76. The summed E-state index contributed by atoms with van der Waals surface area (Å²) in [4.78, 5) is 12.9. The van der Waals surface area contributed by atoms with Crippen LogP contribution in [-0.4, -0.2) is 87.5 Å². The second-order valence-corrected chi connectivity index (χ2v) is 14.7. The van der Waals surface area contributed by atoms with E-state index in [1.54, 1.807) is 6.08 Å². The topological polar surface area (TPSA) is 149 Å². The molecule has 0 aromatic heterocycles. The van der Waals surface area contributed by atoms with Gasteiger partial charge in [-0.1, -0.05) is 143 Å². The lowest BCUT2D eigenvalue weighted by molar-refractivity contribution is -0.302. The molecule has 1 aliphatic rings. The highest BCUT2D eigenvalue weighted by atomic mass is 16.7. The summed E-state index contributed by atoms with van der Waals surface area (Å²) in [6.07, 6.45) is 45.9. The molecule has 0 aliphatic carbocycles. The Bertz CT molecular complexity index is 1200. The number of unbranched alkanes of at least 4 members (excludes halogenated alkanes) is 10. The standard InChI is InChI=1S/C48H79NO8/c1-3-5-7-9-11-13-15-17-18-19-20-21-22-23-24-26-28-30-32-34-36-38-44(52)49-41(40-56-48-47(55)46(54)45(53)43(39-50)57-48)42(51)37-35-33-31-29-27-25-16-14-12-10-8-6-4-2/h5,7,11-14,17-18,20-21,23-24,27,29,35,37,41-43,45-48,50-51,53-55H,3-4,6,8-10,15-16,19,22,25-26,28,30-34,36,38-40H2,1-2H3,(H,49,52)/b7-5-,13-11-,14-12+,18-17-,21-20-,24-23-,29-27+,37-35+. The molecule has 7 unspecified atom stereocenters. The summed E-state index contributed by atoms with van der Waals surface area (Å²) in [5.74, 6) is -0.217. The first-order valence-corrected chi connectivity index (χ1v) is 22.0. The Hall–Kier alpha value is -2.89. The fourth-order valence-electron chi connectivity index (χ4n) is 6.09. The van der Waals surface area contributed by atoms with Crippen molar-refractivity contribution < 1.29 is 39.8 Å². The number of aliphatic hydroxyl groups is 5. The lowest BCUT2D eigenvalue weighted by Gasteiger charge is -2.40. The van der Waals surface area contributed by atoms with Crippen molar-refractivity contribution in [2.75, 3.05) is 13.2 Å². The average Bonchev–Trinajstić information content (AvgIpc) is 3.21. The molecule has 6 N–H and O–H groups in total. The van der Waals surface area contributed by atoms with Gasteiger partial charge in [-0.2, -0.15) is 0 Å². The molecule has 9 nitrogen and oxygen atoms in total. The van der Waals surface area contributed by atoms with E-state index in [9.17, 15) is 30.3 Å². The summed E-state index contributed by atoms with van der Waals surface area (Å²) < 4.78 is 11.2. The van der Waals surface area contributed by atoms with E-state index in [2.05, 4.69) is 104 Å². The molecule has 0 radical (unpaired) electrons. The van der Waals surface area contributed by atoms with E-state index < -0.39 is 49.5 Å². The van der Waals surface area contributed by atoms with Gasteiger partial charge in [0, 0.05) is 6.42 Å². The molecule has 7 atom stereocenters. The molecule has 0 spiro atoms. The Labute approximate surface area is 345 Å². The number of carbonyl (C=O) groups excluding carboxylic acids is 1. The molecule has 0 aromatic rings. The van der Waals surface area contributed by atoms with Gasteiger partial charge in [-0.15, -0.1) is 0 Å². The molecule has 1 saturated heterocycles. The first-order valence-electron chi connectivity index (χ1n) is 22.0.